The number of hydrogen-bond acceptors (Lipinski definition) is 0. The molecule has 0 N–H and O–H groups in total. The molecule has 242 valence electrons. The summed E-state index contributed by atoms with van der Waals surface area (Å²) in [4.78, 5) is 0. The van der Waals surface area contributed by atoms with Gasteiger partial charge in [-0.2, -0.15) is 0 Å². The van der Waals surface area contributed by atoms with Crippen molar-refractivity contribution in [3.8, 4) is 22.3 Å². The third-order valence-corrected chi connectivity index (χ3v) is 12.3. The zero-order valence-electron chi connectivity index (χ0n) is 28.9. The number of allylic oxidation sites excluding steroid dienone is 4. The molecular weight excluding hydrogens is 615 g/mol. The van der Waals surface area contributed by atoms with Crippen LogP contribution in [0.4, 0.5) is 0 Å². The quantitative estimate of drug-likeness (QED) is 0.175. The fourth-order valence-electron chi connectivity index (χ4n) is 10.3. The van der Waals surface area contributed by atoms with Crippen molar-refractivity contribution in [3.63, 3.8) is 0 Å². The molecule has 2 heterocycles. The third kappa shape index (κ3) is 3.66. The summed E-state index contributed by atoms with van der Waals surface area (Å²) in [6, 6.07) is 57.2. The first-order valence-corrected chi connectivity index (χ1v) is 18.3. The Hall–Kier alpha value is -5.92. The Morgan fingerprint density at radius 1 is 0.510 bits per heavy atom. The van der Waals surface area contributed by atoms with Crippen molar-refractivity contribution < 1.29 is 0 Å². The van der Waals surface area contributed by atoms with Gasteiger partial charge in [0.2, 0.25) is 0 Å². The number of aromatic nitrogens is 1. The van der Waals surface area contributed by atoms with Crippen molar-refractivity contribution in [1.29, 1.82) is 0 Å². The molecule has 1 aliphatic heterocycles. The van der Waals surface area contributed by atoms with Gasteiger partial charge >= 0.3 is 0 Å². The lowest BCUT2D eigenvalue weighted by Crippen LogP contribution is -2.44. The molecule has 1 aromatic heterocycles. The highest BCUT2D eigenvalue weighted by Gasteiger charge is 2.53. The molecule has 2 aliphatic carbocycles. The zero-order chi connectivity index (χ0) is 33.9. The molecule has 1 nitrogen and oxygen atoms in total. The van der Waals surface area contributed by atoms with Crippen LogP contribution >= 0.6 is 0 Å². The lowest BCUT2D eigenvalue weighted by atomic mass is 9.52. The van der Waals surface area contributed by atoms with Gasteiger partial charge in [0.1, 0.15) is 0 Å². The predicted molar refractivity (Wildman–Crippen MR) is 214 cm³/mol. The van der Waals surface area contributed by atoms with Gasteiger partial charge in [0, 0.05) is 21.9 Å². The van der Waals surface area contributed by atoms with Crippen molar-refractivity contribution in [2.24, 2.45) is 0 Å². The number of nitrogens with zero attached hydrogens (tertiary/aromatic N) is 1. The molecule has 11 rings (SSSR count). The molecule has 1 atom stereocenters. The van der Waals surface area contributed by atoms with E-state index in [4.69, 9.17) is 0 Å². The standard InChI is InChI=1S/C50H37N/c1-49(2)40-21-6-7-22-41(40)50(42-23-8-10-27-46(42)51-45-26-9-5-17-38(45)39-20-13-25-44(50)48(39)51)43-24-12-19-37(47(43)49)34-30-28-33(29-31-34)36-18-11-15-32-14-3-4-16-35(32)36/h3-9,11-26,28-31H,10,27H2,1-2H3. The SMILES string of the molecule is CC1(C)c2ccccc2C2(C3=C(CCC=C3)n3c4ccccc4c4cccc2c43)c2cccc(-c3ccc(-c4cccc5ccccc45)cc3)c21. The average Bonchev–Trinajstić information content (AvgIpc) is 3.53. The van der Waals surface area contributed by atoms with E-state index in [2.05, 4.69) is 182 Å². The lowest BCUT2D eigenvalue weighted by molar-refractivity contribution is 0.556. The minimum atomic E-state index is -0.448. The van der Waals surface area contributed by atoms with Crippen LogP contribution in [0.25, 0.3) is 60.5 Å². The molecule has 8 aromatic rings. The monoisotopic (exact) mass is 651 g/mol. The van der Waals surface area contributed by atoms with Gasteiger partial charge in [0.15, 0.2) is 0 Å². The number of para-hydroxylation sites is 2. The Balaban J connectivity index is 1.22. The normalized spacial score (nSPS) is 18.3. The molecule has 51 heavy (non-hydrogen) atoms. The molecule has 0 saturated heterocycles. The molecular formula is C50H37N. The molecule has 7 aromatic carbocycles. The summed E-state index contributed by atoms with van der Waals surface area (Å²) in [5.74, 6) is 0. The van der Waals surface area contributed by atoms with Crippen molar-refractivity contribution in [3.05, 3.63) is 197 Å². The summed E-state index contributed by atoms with van der Waals surface area (Å²) in [6.07, 6.45) is 6.95. The molecule has 0 saturated carbocycles. The van der Waals surface area contributed by atoms with E-state index in [1.165, 1.54) is 93.9 Å². The van der Waals surface area contributed by atoms with E-state index in [1.807, 2.05) is 0 Å². The maximum absolute atomic E-state index is 2.61. The fraction of sp³-hybridized carbons (Fsp3) is 0.120. The maximum Gasteiger partial charge on any atom is 0.0745 e. The van der Waals surface area contributed by atoms with E-state index in [-0.39, 0.29) is 5.41 Å². The first-order chi connectivity index (χ1) is 25.1. The van der Waals surface area contributed by atoms with Crippen LogP contribution in [0.15, 0.2) is 169 Å². The molecule has 0 radical (unpaired) electrons. The van der Waals surface area contributed by atoms with Crippen LogP contribution in [0.5, 0.6) is 0 Å². The van der Waals surface area contributed by atoms with E-state index >= 15 is 0 Å². The molecule has 1 unspecified atom stereocenters. The highest BCUT2D eigenvalue weighted by atomic mass is 15.0. The molecule has 3 aliphatic rings. The second kappa shape index (κ2) is 10.3. The van der Waals surface area contributed by atoms with Crippen LogP contribution < -0.4 is 0 Å². The Morgan fingerprint density at radius 3 is 1.98 bits per heavy atom. The Morgan fingerprint density at radius 2 is 1.12 bits per heavy atom. The largest absolute Gasteiger partial charge is 0.312 e. The van der Waals surface area contributed by atoms with Crippen molar-refractivity contribution in [2.45, 2.75) is 37.5 Å². The molecule has 0 fully saturated rings. The van der Waals surface area contributed by atoms with Gasteiger partial charge in [-0.15, -0.1) is 0 Å². The second-order valence-electron chi connectivity index (χ2n) is 15.1. The second-order valence-corrected chi connectivity index (χ2v) is 15.1. The van der Waals surface area contributed by atoms with Crippen LogP contribution in [0.1, 0.15) is 54.5 Å². The van der Waals surface area contributed by atoms with Crippen LogP contribution in [-0.2, 0) is 10.8 Å². The first-order valence-electron chi connectivity index (χ1n) is 18.3. The van der Waals surface area contributed by atoms with Gasteiger partial charge in [-0.05, 0) is 85.3 Å². The molecule has 1 heteroatoms. The number of rotatable bonds is 2. The molecule has 0 bridgehead atoms. The number of fused-ring (bicyclic) bond motifs is 11. The summed E-state index contributed by atoms with van der Waals surface area (Å²) in [5.41, 5.74) is 17.0. The summed E-state index contributed by atoms with van der Waals surface area (Å²) < 4.78 is 2.61. The minimum Gasteiger partial charge on any atom is -0.312 e. The van der Waals surface area contributed by atoms with Crippen LogP contribution in [0.3, 0.4) is 0 Å². The molecule has 0 amide bonds. The smallest absolute Gasteiger partial charge is 0.0745 e. The van der Waals surface area contributed by atoms with Gasteiger partial charge in [0.05, 0.1) is 16.4 Å². The number of benzene rings is 7. The summed E-state index contributed by atoms with van der Waals surface area (Å²) in [6.45, 7) is 4.88. The lowest BCUT2D eigenvalue weighted by Gasteiger charge is -2.51. The number of hydrogen-bond donors (Lipinski definition) is 0. The van der Waals surface area contributed by atoms with Crippen molar-refractivity contribution in [1.82, 2.24) is 4.57 Å². The zero-order valence-corrected chi connectivity index (χ0v) is 28.9. The van der Waals surface area contributed by atoms with Gasteiger partial charge in [0.25, 0.3) is 0 Å². The Bertz CT molecular complexity index is 2820. The minimum absolute atomic E-state index is 0.223. The average molecular weight is 652 g/mol. The van der Waals surface area contributed by atoms with E-state index in [9.17, 15) is 0 Å². The van der Waals surface area contributed by atoms with Crippen molar-refractivity contribution in [2.75, 3.05) is 0 Å². The Labute approximate surface area is 298 Å². The van der Waals surface area contributed by atoms with Gasteiger partial charge in [-0.25, -0.2) is 0 Å². The van der Waals surface area contributed by atoms with Crippen LogP contribution in [-0.4, -0.2) is 4.57 Å². The highest BCUT2D eigenvalue weighted by Crippen LogP contribution is 2.62. The Kier molecular flexibility index (Phi) is 5.84. The van der Waals surface area contributed by atoms with E-state index in [1.54, 1.807) is 0 Å². The third-order valence-electron chi connectivity index (χ3n) is 12.3. The fourth-order valence-corrected chi connectivity index (χ4v) is 10.3. The topological polar surface area (TPSA) is 4.93 Å². The first kappa shape index (κ1) is 28.9. The summed E-state index contributed by atoms with van der Waals surface area (Å²) in [5, 5.41) is 5.23. The van der Waals surface area contributed by atoms with Crippen molar-refractivity contribution >= 4 is 38.3 Å². The van der Waals surface area contributed by atoms with Gasteiger partial charge in [-0.1, -0.05) is 172 Å². The maximum atomic E-state index is 2.61. The van der Waals surface area contributed by atoms with Gasteiger partial charge < -0.3 is 4.57 Å². The van der Waals surface area contributed by atoms with E-state index in [0.29, 0.717) is 0 Å². The van der Waals surface area contributed by atoms with Crippen LogP contribution in [0.2, 0.25) is 0 Å². The predicted octanol–water partition coefficient (Wildman–Crippen LogP) is 12.8. The summed E-state index contributed by atoms with van der Waals surface area (Å²) >= 11 is 0. The molecule has 1 spiro atoms. The van der Waals surface area contributed by atoms with E-state index < -0.39 is 5.41 Å². The highest BCUT2D eigenvalue weighted by molar-refractivity contribution is 6.13. The summed E-state index contributed by atoms with van der Waals surface area (Å²) in [7, 11) is 0. The van der Waals surface area contributed by atoms with Gasteiger partial charge in [-0.3, -0.25) is 0 Å². The van der Waals surface area contributed by atoms with E-state index in [0.717, 1.165) is 12.8 Å². The van der Waals surface area contributed by atoms with Crippen LogP contribution in [0, 0.1) is 0 Å².